The largest absolute Gasteiger partial charge is 1.00 e. The average Bonchev–Trinajstić information content (AvgIpc) is 3.02. The van der Waals surface area contributed by atoms with Crippen molar-refractivity contribution >= 4 is 10.4 Å². The standard InChI is InChI=1S/C40H82O.2Na.H2O4S/c1-3-5-7-9-11-13-15-17-19-21-23-25-27-29-31-33-35-37-39-41-40-38-36-34-32-30-28-26-24-22-20-18-16-14-12-10-8-6-4-2;;;1-5(2,3)4/h3-40H2,1-2H3;;;(H2,1,2,3,4)/q;2*+1;/p-2. The van der Waals surface area contributed by atoms with Crippen molar-refractivity contribution in [2.24, 2.45) is 0 Å². The third-order valence-electron chi connectivity index (χ3n) is 9.28. The van der Waals surface area contributed by atoms with Crippen molar-refractivity contribution in [1.82, 2.24) is 0 Å². The molecule has 0 aliphatic carbocycles. The molecule has 0 N–H and O–H groups in total. The fourth-order valence-corrected chi connectivity index (χ4v) is 6.31. The van der Waals surface area contributed by atoms with Gasteiger partial charge in [-0.05, 0) is 12.8 Å². The number of hydrogen-bond acceptors (Lipinski definition) is 5. The van der Waals surface area contributed by atoms with Gasteiger partial charge in [0.15, 0.2) is 0 Å². The normalized spacial score (nSPS) is 11.1. The monoisotopic (exact) mass is 721 g/mol. The van der Waals surface area contributed by atoms with Gasteiger partial charge in [0, 0.05) is 23.6 Å². The Kier molecular flexibility index (Phi) is 60.0. The number of rotatable bonds is 38. The summed E-state index contributed by atoms with van der Waals surface area (Å²) < 4.78 is 40.0. The van der Waals surface area contributed by atoms with Crippen LogP contribution in [0.4, 0.5) is 0 Å². The van der Waals surface area contributed by atoms with Gasteiger partial charge in [0.25, 0.3) is 0 Å². The molecule has 0 amide bonds. The molecular weight excluding hydrogens is 638 g/mol. The molecular formula is C40H82Na2O5S. The zero-order valence-electron chi connectivity index (χ0n) is 33.3. The molecule has 0 aliphatic rings. The molecule has 48 heavy (non-hydrogen) atoms. The molecule has 0 bridgehead atoms. The van der Waals surface area contributed by atoms with Crippen LogP contribution in [-0.2, 0) is 15.1 Å². The van der Waals surface area contributed by atoms with Crippen LogP contribution in [-0.4, -0.2) is 30.7 Å². The minimum atomic E-state index is -5.17. The Morgan fingerprint density at radius 3 is 0.583 bits per heavy atom. The van der Waals surface area contributed by atoms with E-state index in [1.54, 1.807) is 0 Å². The summed E-state index contributed by atoms with van der Waals surface area (Å²) in [7, 11) is -5.17. The van der Waals surface area contributed by atoms with Gasteiger partial charge in [-0.15, -0.1) is 0 Å². The minimum absolute atomic E-state index is 0. The van der Waals surface area contributed by atoms with Crippen LogP contribution in [0.2, 0.25) is 0 Å². The summed E-state index contributed by atoms with van der Waals surface area (Å²) >= 11 is 0. The van der Waals surface area contributed by atoms with Gasteiger partial charge >= 0.3 is 59.1 Å². The van der Waals surface area contributed by atoms with Gasteiger partial charge in [0.1, 0.15) is 0 Å². The summed E-state index contributed by atoms with van der Waals surface area (Å²) in [6.07, 6.45) is 52.0. The minimum Gasteiger partial charge on any atom is -0.759 e. The first-order valence-corrected chi connectivity index (χ1v) is 22.0. The average molecular weight is 721 g/mol. The van der Waals surface area contributed by atoms with Crippen molar-refractivity contribution in [1.29, 1.82) is 0 Å². The fraction of sp³-hybridized carbons (Fsp3) is 1.00. The zero-order valence-corrected chi connectivity index (χ0v) is 38.1. The van der Waals surface area contributed by atoms with Crippen LogP contribution < -0.4 is 59.1 Å². The van der Waals surface area contributed by atoms with Gasteiger partial charge in [-0.1, -0.05) is 232 Å². The van der Waals surface area contributed by atoms with Gasteiger partial charge in [-0.25, -0.2) is 0 Å². The SMILES string of the molecule is CCCCCCCCCCCCCCCCCCCCOCCCCCCCCCCCCCCCCCCCC.O=S(=O)([O-])[O-].[Na+].[Na+]. The maximum atomic E-state index is 8.52. The third-order valence-corrected chi connectivity index (χ3v) is 9.28. The van der Waals surface area contributed by atoms with Crippen LogP contribution in [0.1, 0.15) is 245 Å². The van der Waals surface area contributed by atoms with E-state index in [1.807, 2.05) is 0 Å². The van der Waals surface area contributed by atoms with Gasteiger partial charge in [-0.3, -0.25) is 8.42 Å². The smallest absolute Gasteiger partial charge is 0.759 e. The summed E-state index contributed by atoms with van der Waals surface area (Å²) in [6.45, 7) is 6.61. The van der Waals surface area contributed by atoms with Crippen LogP contribution in [0.3, 0.4) is 0 Å². The Morgan fingerprint density at radius 2 is 0.438 bits per heavy atom. The maximum Gasteiger partial charge on any atom is 1.00 e. The quantitative estimate of drug-likeness (QED) is 0.0282. The molecule has 0 rings (SSSR count). The maximum absolute atomic E-state index is 8.52. The first-order valence-electron chi connectivity index (χ1n) is 20.7. The summed E-state index contributed by atoms with van der Waals surface area (Å²) in [6, 6.07) is 0. The molecule has 0 fully saturated rings. The molecule has 0 saturated carbocycles. The van der Waals surface area contributed by atoms with Gasteiger partial charge in [-0.2, -0.15) is 0 Å². The Hall–Kier alpha value is 1.83. The Labute approximate surface area is 347 Å². The van der Waals surface area contributed by atoms with E-state index in [-0.39, 0.29) is 59.1 Å². The van der Waals surface area contributed by atoms with Crippen molar-refractivity contribution in [3.8, 4) is 0 Å². The van der Waals surface area contributed by atoms with E-state index >= 15 is 0 Å². The fourth-order valence-electron chi connectivity index (χ4n) is 6.31. The molecule has 0 saturated heterocycles. The van der Waals surface area contributed by atoms with E-state index in [9.17, 15) is 0 Å². The van der Waals surface area contributed by atoms with E-state index in [2.05, 4.69) is 13.8 Å². The van der Waals surface area contributed by atoms with Crippen molar-refractivity contribution in [2.75, 3.05) is 13.2 Å². The van der Waals surface area contributed by atoms with Gasteiger partial charge < -0.3 is 13.8 Å². The number of unbranched alkanes of at least 4 members (excludes halogenated alkanes) is 34. The molecule has 0 aliphatic heterocycles. The van der Waals surface area contributed by atoms with E-state index in [0.29, 0.717) is 0 Å². The molecule has 0 atom stereocenters. The summed E-state index contributed by atoms with van der Waals surface area (Å²) in [4.78, 5) is 0. The zero-order chi connectivity index (χ0) is 34.1. The Bertz CT molecular complexity index is 591. The van der Waals surface area contributed by atoms with Crippen molar-refractivity contribution in [3.05, 3.63) is 0 Å². The molecule has 0 aromatic carbocycles. The van der Waals surface area contributed by atoms with Gasteiger partial charge in [0.05, 0.1) is 0 Å². The van der Waals surface area contributed by atoms with E-state index in [0.717, 1.165) is 13.2 Å². The first kappa shape index (κ1) is 56.6. The third kappa shape index (κ3) is 66.1. The molecule has 0 aromatic rings. The van der Waals surface area contributed by atoms with Gasteiger partial charge in [0.2, 0.25) is 0 Å². The van der Waals surface area contributed by atoms with Crippen LogP contribution in [0, 0.1) is 0 Å². The summed E-state index contributed by atoms with van der Waals surface area (Å²) in [5, 5.41) is 0. The van der Waals surface area contributed by atoms with Crippen LogP contribution in [0.25, 0.3) is 0 Å². The number of ether oxygens (including phenoxy) is 1. The molecule has 0 aromatic heterocycles. The van der Waals surface area contributed by atoms with Crippen LogP contribution in [0.15, 0.2) is 0 Å². The summed E-state index contributed by atoms with van der Waals surface area (Å²) in [5.74, 6) is 0. The topological polar surface area (TPSA) is 89.5 Å². The van der Waals surface area contributed by atoms with E-state index in [1.165, 1.54) is 231 Å². The molecule has 5 nitrogen and oxygen atoms in total. The van der Waals surface area contributed by atoms with Crippen molar-refractivity contribution in [3.63, 3.8) is 0 Å². The second-order valence-electron chi connectivity index (χ2n) is 14.0. The number of hydrogen-bond donors (Lipinski definition) is 0. The Morgan fingerprint density at radius 1 is 0.312 bits per heavy atom. The van der Waals surface area contributed by atoms with Crippen molar-refractivity contribution < 1.29 is 81.4 Å². The second kappa shape index (κ2) is 50.9. The Balaban J connectivity index is -0.00000128. The van der Waals surface area contributed by atoms with Crippen LogP contribution in [0.5, 0.6) is 0 Å². The molecule has 0 spiro atoms. The summed E-state index contributed by atoms with van der Waals surface area (Å²) in [5.41, 5.74) is 0. The molecule has 280 valence electrons. The predicted molar refractivity (Wildman–Crippen MR) is 199 cm³/mol. The first-order chi connectivity index (χ1) is 22.4. The van der Waals surface area contributed by atoms with Crippen molar-refractivity contribution in [2.45, 2.75) is 245 Å². The molecule has 0 radical (unpaired) electrons. The molecule has 0 unspecified atom stereocenters. The van der Waals surface area contributed by atoms with Crippen LogP contribution >= 0.6 is 0 Å². The molecule has 0 heterocycles. The van der Waals surface area contributed by atoms with E-state index < -0.39 is 10.4 Å². The molecule has 8 heteroatoms. The van der Waals surface area contributed by atoms with E-state index in [4.69, 9.17) is 22.3 Å². The predicted octanol–water partition coefficient (Wildman–Crippen LogP) is 7.76. The second-order valence-corrected chi connectivity index (χ2v) is 14.9.